The molecular weight excluding hydrogens is 246 g/mol. The molecule has 0 aliphatic heterocycles. The predicted octanol–water partition coefficient (Wildman–Crippen LogP) is 1.79. The minimum Gasteiger partial charge on any atom is -0.502 e. The molecule has 0 atom stereocenters. The van der Waals surface area contributed by atoms with Gasteiger partial charge in [-0.3, -0.25) is 4.79 Å². The van der Waals surface area contributed by atoms with Crippen LogP contribution in [-0.2, 0) is 16.1 Å². The van der Waals surface area contributed by atoms with Gasteiger partial charge in [0.25, 0.3) is 5.91 Å². The normalized spacial score (nSPS) is 11.2. The first-order valence-corrected chi connectivity index (χ1v) is 5.76. The largest absolute Gasteiger partial charge is 0.502 e. The first-order chi connectivity index (χ1) is 8.81. The molecule has 0 aromatic heterocycles. The number of benzene rings is 1. The number of hydrogen-bond acceptors (Lipinski definition) is 3. The van der Waals surface area contributed by atoms with E-state index in [2.05, 4.69) is 0 Å². The van der Waals surface area contributed by atoms with Gasteiger partial charge in [0.05, 0.1) is 6.08 Å². The fourth-order valence-electron chi connectivity index (χ4n) is 1.54. The molecule has 0 bridgehead atoms. The zero-order valence-corrected chi connectivity index (χ0v) is 11.2. The SMILES string of the molecule is Cc1ccc(CN(C)C(=O)C=C(O)C(=O)O)cc1C. The molecule has 2 N–H and O–H groups in total. The van der Waals surface area contributed by atoms with Crippen LogP contribution in [-0.4, -0.2) is 34.0 Å². The lowest BCUT2D eigenvalue weighted by Crippen LogP contribution is -2.25. The molecule has 1 rings (SSSR count). The molecule has 0 radical (unpaired) electrons. The molecule has 19 heavy (non-hydrogen) atoms. The Morgan fingerprint density at radius 2 is 1.84 bits per heavy atom. The van der Waals surface area contributed by atoms with E-state index in [0.717, 1.165) is 11.1 Å². The van der Waals surface area contributed by atoms with Crippen molar-refractivity contribution in [2.75, 3.05) is 7.05 Å². The summed E-state index contributed by atoms with van der Waals surface area (Å²) in [6.07, 6.45) is 0.698. The summed E-state index contributed by atoms with van der Waals surface area (Å²) in [5, 5.41) is 17.5. The number of aliphatic hydroxyl groups excluding tert-OH is 1. The standard InChI is InChI=1S/C14H17NO4/c1-9-4-5-11(6-10(9)2)8-15(3)13(17)7-12(16)14(18)19/h4-7,16H,8H2,1-3H3,(H,18,19). The third kappa shape index (κ3) is 4.13. The molecule has 5 nitrogen and oxygen atoms in total. The maximum absolute atomic E-state index is 11.6. The highest BCUT2D eigenvalue weighted by molar-refractivity contribution is 5.95. The minimum atomic E-state index is -1.52. The number of rotatable bonds is 4. The summed E-state index contributed by atoms with van der Waals surface area (Å²) in [4.78, 5) is 23.4. The zero-order chi connectivity index (χ0) is 14.6. The number of aliphatic hydroxyl groups is 1. The Hall–Kier alpha value is -2.30. The molecule has 0 fully saturated rings. The number of amides is 1. The summed E-state index contributed by atoms with van der Waals surface area (Å²) in [5.41, 5.74) is 3.24. The fraction of sp³-hybridized carbons (Fsp3) is 0.286. The Kier molecular flexibility index (Phi) is 4.69. The highest BCUT2D eigenvalue weighted by Crippen LogP contribution is 2.11. The van der Waals surface area contributed by atoms with Gasteiger partial charge >= 0.3 is 5.97 Å². The molecule has 5 heteroatoms. The molecule has 0 unspecified atom stereocenters. The molecule has 0 saturated heterocycles. The Morgan fingerprint density at radius 1 is 1.21 bits per heavy atom. The van der Waals surface area contributed by atoms with Crippen molar-refractivity contribution in [2.45, 2.75) is 20.4 Å². The Labute approximate surface area is 111 Å². The van der Waals surface area contributed by atoms with Crippen LogP contribution in [0.15, 0.2) is 30.0 Å². The van der Waals surface area contributed by atoms with Gasteiger partial charge in [0.15, 0.2) is 0 Å². The number of carboxylic acids is 1. The van der Waals surface area contributed by atoms with E-state index in [1.807, 2.05) is 32.0 Å². The van der Waals surface area contributed by atoms with Crippen molar-refractivity contribution in [3.05, 3.63) is 46.7 Å². The summed E-state index contributed by atoms with van der Waals surface area (Å²) in [7, 11) is 1.54. The van der Waals surface area contributed by atoms with Crippen molar-refractivity contribution in [2.24, 2.45) is 0 Å². The number of nitrogens with zero attached hydrogens (tertiary/aromatic N) is 1. The van der Waals surface area contributed by atoms with Crippen LogP contribution in [0.25, 0.3) is 0 Å². The predicted molar refractivity (Wildman–Crippen MR) is 70.7 cm³/mol. The van der Waals surface area contributed by atoms with Crippen LogP contribution in [0.1, 0.15) is 16.7 Å². The van der Waals surface area contributed by atoms with Gasteiger partial charge in [-0.25, -0.2) is 4.79 Å². The van der Waals surface area contributed by atoms with Crippen molar-refractivity contribution in [3.63, 3.8) is 0 Å². The molecule has 0 spiro atoms. The molecule has 1 aromatic carbocycles. The van der Waals surface area contributed by atoms with Gasteiger partial charge in [0.2, 0.25) is 5.76 Å². The summed E-state index contributed by atoms with van der Waals surface area (Å²) in [6.45, 7) is 4.34. The van der Waals surface area contributed by atoms with E-state index in [1.54, 1.807) is 7.05 Å². The van der Waals surface area contributed by atoms with Crippen molar-refractivity contribution in [1.82, 2.24) is 4.90 Å². The van der Waals surface area contributed by atoms with Crippen LogP contribution in [0.3, 0.4) is 0 Å². The minimum absolute atomic E-state index is 0.351. The lowest BCUT2D eigenvalue weighted by molar-refractivity contribution is -0.136. The van der Waals surface area contributed by atoms with Crippen LogP contribution in [0.5, 0.6) is 0 Å². The van der Waals surface area contributed by atoms with Gasteiger partial charge in [0, 0.05) is 13.6 Å². The molecule has 0 aliphatic carbocycles. The van der Waals surface area contributed by atoms with Gasteiger partial charge in [-0.15, -0.1) is 0 Å². The second-order valence-corrected chi connectivity index (χ2v) is 4.45. The highest BCUT2D eigenvalue weighted by atomic mass is 16.4. The van der Waals surface area contributed by atoms with Gasteiger partial charge in [-0.1, -0.05) is 18.2 Å². The number of carboxylic acid groups (broad SMARTS) is 1. The lowest BCUT2D eigenvalue weighted by atomic mass is 10.1. The second kappa shape index (κ2) is 6.04. The van der Waals surface area contributed by atoms with Gasteiger partial charge in [-0.05, 0) is 30.5 Å². The number of aryl methyl sites for hydroxylation is 2. The Bertz CT molecular complexity index is 534. The lowest BCUT2D eigenvalue weighted by Gasteiger charge is -2.16. The van der Waals surface area contributed by atoms with Crippen LogP contribution < -0.4 is 0 Å². The van der Waals surface area contributed by atoms with E-state index in [-0.39, 0.29) is 0 Å². The van der Waals surface area contributed by atoms with Crippen LogP contribution in [0.4, 0.5) is 0 Å². The monoisotopic (exact) mass is 263 g/mol. The number of hydrogen-bond donors (Lipinski definition) is 2. The van der Waals surface area contributed by atoms with E-state index in [1.165, 1.54) is 10.5 Å². The smallest absolute Gasteiger partial charge is 0.371 e. The van der Waals surface area contributed by atoms with Crippen molar-refractivity contribution in [1.29, 1.82) is 0 Å². The average molecular weight is 263 g/mol. The van der Waals surface area contributed by atoms with Gasteiger partial charge < -0.3 is 15.1 Å². The van der Waals surface area contributed by atoms with Crippen molar-refractivity contribution >= 4 is 11.9 Å². The van der Waals surface area contributed by atoms with E-state index < -0.39 is 17.6 Å². The zero-order valence-electron chi connectivity index (χ0n) is 11.2. The van der Waals surface area contributed by atoms with E-state index in [4.69, 9.17) is 10.2 Å². The first-order valence-electron chi connectivity index (χ1n) is 5.76. The summed E-state index contributed by atoms with van der Waals surface area (Å²) in [5.74, 6) is -3.04. The molecule has 0 heterocycles. The number of likely N-dealkylation sites (N-methyl/N-ethyl adjacent to an activating group) is 1. The molecule has 1 amide bonds. The third-order valence-electron chi connectivity index (χ3n) is 2.85. The quantitative estimate of drug-likeness (QED) is 0.641. The topological polar surface area (TPSA) is 77.8 Å². The van der Waals surface area contributed by atoms with E-state index in [9.17, 15) is 9.59 Å². The van der Waals surface area contributed by atoms with Crippen LogP contribution in [0.2, 0.25) is 0 Å². The molecule has 0 saturated carbocycles. The summed E-state index contributed by atoms with van der Waals surface area (Å²) in [6, 6.07) is 5.85. The fourth-order valence-corrected chi connectivity index (χ4v) is 1.54. The third-order valence-corrected chi connectivity index (χ3v) is 2.85. The summed E-state index contributed by atoms with van der Waals surface area (Å²) >= 11 is 0. The maximum atomic E-state index is 11.6. The summed E-state index contributed by atoms with van der Waals surface area (Å²) < 4.78 is 0. The van der Waals surface area contributed by atoms with Crippen LogP contribution >= 0.6 is 0 Å². The molecule has 0 aliphatic rings. The number of carbonyl (C=O) groups is 2. The number of aliphatic carboxylic acids is 1. The molecular formula is C14H17NO4. The molecule has 102 valence electrons. The first kappa shape index (κ1) is 14.8. The number of carbonyl (C=O) groups excluding carboxylic acids is 1. The van der Waals surface area contributed by atoms with E-state index in [0.29, 0.717) is 12.6 Å². The van der Waals surface area contributed by atoms with Gasteiger partial charge in [0.1, 0.15) is 0 Å². The van der Waals surface area contributed by atoms with Crippen molar-refractivity contribution in [3.8, 4) is 0 Å². The van der Waals surface area contributed by atoms with Crippen molar-refractivity contribution < 1.29 is 19.8 Å². The van der Waals surface area contributed by atoms with Gasteiger partial charge in [-0.2, -0.15) is 0 Å². The van der Waals surface area contributed by atoms with E-state index >= 15 is 0 Å². The highest BCUT2D eigenvalue weighted by Gasteiger charge is 2.11. The Balaban J connectivity index is 2.76. The molecule has 1 aromatic rings. The second-order valence-electron chi connectivity index (χ2n) is 4.45. The average Bonchev–Trinajstić information content (AvgIpc) is 2.33. The maximum Gasteiger partial charge on any atom is 0.371 e. The van der Waals surface area contributed by atoms with Crippen LogP contribution in [0, 0.1) is 13.8 Å². The Morgan fingerprint density at radius 3 is 2.37 bits per heavy atom.